The molecule has 3 aromatic carbocycles. The number of alkyl halides is 4. The zero-order chi connectivity index (χ0) is 54.7. The maximum atomic E-state index is 15.2. The number of halogens is 10. The van der Waals surface area contributed by atoms with Crippen LogP contribution in [0.15, 0.2) is 116 Å². The van der Waals surface area contributed by atoms with Crippen molar-refractivity contribution in [1.29, 1.82) is 0 Å². The third kappa shape index (κ3) is 11.0. The summed E-state index contributed by atoms with van der Waals surface area (Å²) < 4.78 is 132. The van der Waals surface area contributed by atoms with E-state index in [1.807, 2.05) is 24.3 Å². The largest absolute Gasteiger partial charge is 0.497 e. The predicted molar refractivity (Wildman–Crippen MR) is 288 cm³/mol. The van der Waals surface area contributed by atoms with Gasteiger partial charge in [0.2, 0.25) is 11.4 Å². The summed E-state index contributed by atoms with van der Waals surface area (Å²) in [5.41, 5.74) is 4.96. The highest BCUT2D eigenvalue weighted by atomic mass is 127. The Morgan fingerprint density at radius 3 is 1.89 bits per heavy atom. The van der Waals surface area contributed by atoms with Gasteiger partial charge in [-0.25, -0.2) is 44.8 Å². The number of benzene rings is 3. The highest BCUT2D eigenvalue weighted by molar-refractivity contribution is 14.1. The lowest BCUT2D eigenvalue weighted by atomic mass is 9.84. The predicted octanol–water partition coefficient (Wildman–Crippen LogP) is 13.9. The monoisotopic (exact) mass is 1250 g/mol. The van der Waals surface area contributed by atoms with Crippen LogP contribution in [0.1, 0.15) is 47.5 Å². The van der Waals surface area contributed by atoms with Crippen LogP contribution >= 0.6 is 62.0 Å². The van der Waals surface area contributed by atoms with Crippen molar-refractivity contribution in [2.75, 3.05) is 34.5 Å². The van der Waals surface area contributed by atoms with Gasteiger partial charge in [0.1, 0.15) is 32.7 Å². The maximum Gasteiger partial charge on any atom is 0.272 e. The van der Waals surface area contributed by atoms with Crippen LogP contribution in [0.25, 0.3) is 27.4 Å². The van der Waals surface area contributed by atoms with Crippen molar-refractivity contribution in [2.24, 2.45) is 27.6 Å². The van der Waals surface area contributed by atoms with E-state index >= 15 is 8.78 Å². The minimum Gasteiger partial charge on any atom is -0.497 e. The second-order valence-electron chi connectivity index (χ2n) is 17.7. The van der Waals surface area contributed by atoms with E-state index in [1.54, 1.807) is 48.8 Å². The molecular formula is C52H44BrF8IN8O3S2. The molecule has 2 saturated carbocycles. The topological polar surface area (TPSA) is 125 Å². The number of ether oxygens (including phenoxy) is 3. The van der Waals surface area contributed by atoms with Crippen molar-refractivity contribution in [3.05, 3.63) is 174 Å². The number of nitrogens with zero attached hydrogens (tertiary/aromatic N) is 6. The van der Waals surface area contributed by atoms with E-state index in [4.69, 9.17) is 33.1 Å². The van der Waals surface area contributed by atoms with Gasteiger partial charge < -0.3 is 25.3 Å². The fourth-order valence-corrected chi connectivity index (χ4v) is 13.1. The molecule has 4 aliphatic rings. The Morgan fingerprint density at radius 1 is 0.787 bits per heavy atom. The number of fused-ring (bicyclic) bond motifs is 2. The number of hydrogen-bond donors (Lipinski definition) is 2. The Labute approximate surface area is 457 Å². The van der Waals surface area contributed by atoms with E-state index in [1.165, 1.54) is 80.1 Å². The molecule has 6 atom stereocenters. The molecule has 2 aliphatic heterocycles. The Morgan fingerprint density at radius 2 is 1.35 bits per heavy atom. The molecule has 0 radical (unpaired) electrons. The molecule has 2 aliphatic carbocycles. The number of hydrogen-bond acceptors (Lipinski definition) is 10. The van der Waals surface area contributed by atoms with Crippen molar-refractivity contribution in [3.8, 4) is 5.75 Å². The molecule has 11 nitrogen and oxygen atoms in total. The van der Waals surface area contributed by atoms with Crippen LogP contribution in [0, 0.1) is 36.6 Å². The zero-order valence-corrected chi connectivity index (χ0v) is 45.6. The summed E-state index contributed by atoms with van der Waals surface area (Å²) >= 11 is 6.85. The quantitative estimate of drug-likeness (QED) is 0.0714. The molecule has 0 amide bonds. The maximum absolute atomic E-state index is 15.2. The molecule has 392 valence electrons. The van der Waals surface area contributed by atoms with Crippen molar-refractivity contribution < 1.29 is 49.3 Å². The lowest BCUT2D eigenvalue weighted by Crippen LogP contribution is -2.51. The summed E-state index contributed by atoms with van der Waals surface area (Å²) in [7, 11) is 4.29. The number of amidine groups is 2. The second-order valence-corrected chi connectivity index (χ2v) is 21.9. The van der Waals surface area contributed by atoms with Crippen LogP contribution in [-0.4, -0.2) is 76.2 Å². The summed E-state index contributed by atoms with van der Waals surface area (Å²) in [6.45, 7) is 16.4. The third-order valence-electron chi connectivity index (χ3n) is 13.0. The van der Waals surface area contributed by atoms with E-state index in [0.29, 0.717) is 15.3 Å². The molecule has 75 heavy (non-hydrogen) atoms. The average Bonchev–Trinajstić information content (AvgIpc) is 4.12. The minimum atomic E-state index is -3.19. The van der Waals surface area contributed by atoms with E-state index < -0.39 is 61.7 Å². The first kappa shape index (κ1) is 57.1. The van der Waals surface area contributed by atoms with Gasteiger partial charge in [-0.2, -0.15) is 0 Å². The molecule has 0 spiro atoms. The minimum absolute atomic E-state index is 0.0151. The fourth-order valence-electron chi connectivity index (χ4n) is 9.38. The lowest BCUT2D eigenvalue weighted by Gasteiger charge is -2.38. The molecule has 3 N–H and O–H groups in total. The zero-order valence-electron chi connectivity index (χ0n) is 40.2. The van der Waals surface area contributed by atoms with Crippen LogP contribution in [0.5, 0.6) is 5.75 Å². The first-order chi connectivity index (χ1) is 35.5. The molecular weight excluding hydrogens is 1210 g/mol. The van der Waals surface area contributed by atoms with Gasteiger partial charge in [0.25, 0.3) is 11.8 Å². The van der Waals surface area contributed by atoms with Gasteiger partial charge in [0, 0.05) is 46.3 Å². The van der Waals surface area contributed by atoms with Crippen molar-refractivity contribution in [2.45, 2.75) is 52.8 Å². The summed E-state index contributed by atoms with van der Waals surface area (Å²) in [4.78, 5) is 22.7. The van der Waals surface area contributed by atoms with Crippen molar-refractivity contribution in [3.63, 3.8) is 0 Å². The Bertz CT molecular complexity index is 3160. The third-order valence-corrected chi connectivity index (χ3v) is 16.7. The average molecular weight is 1250 g/mol. The summed E-state index contributed by atoms with van der Waals surface area (Å²) in [6.07, 6.45) is 3.70. The van der Waals surface area contributed by atoms with Gasteiger partial charge >= 0.3 is 0 Å². The van der Waals surface area contributed by atoms with Crippen LogP contribution in [0.4, 0.5) is 46.5 Å². The van der Waals surface area contributed by atoms with Gasteiger partial charge in [0.05, 0.1) is 74.3 Å². The van der Waals surface area contributed by atoms with E-state index in [-0.39, 0.29) is 64.5 Å². The number of thioether (sulfide) groups is 2. The van der Waals surface area contributed by atoms with Gasteiger partial charge in [-0.15, -0.1) is 0 Å². The van der Waals surface area contributed by atoms with Crippen LogP contribution in [0.2, 0.25) is 0 Å². The molecule has 0 bridgehead atoms. The van der Waals surface area contributed by atoms with E-state index in [9.17, 15) is 26.3 Å². The summed E-state index contributed by atoms with van der Waals surface area (Å²) in [5.74, 6) is -10.4. The SMILES string of the molecule is COC[C@@]12SC(=NCc3ccc(OC)cc3)N[C@](C)(c3cc(Br)ccc3F)[C@@H]1C2(F)F.[C-]#[N+]c1ccc(/C(F)=C/I)nc1.[C-]#[N+]c1ccc(/C(F)=C/c2ccc(F)c([C@@]3(C)N=C(N)S[C@]4(COC)[C@H]3C4(F)F)c2)nc1. The van der Waals surface area contributed by atoms with Gasteiger partial charge in [0.15, 0.2) is 16.2 Å². The van der Waals surface area contributed by atoms with Gasteiger partial charge in [-0.3, -0.25) is 20.0 Å². The van der Waals surface area contributed by atoms with Gasteiger partial charge in [-0.1, -0.05) is 69.8 Å². The molecule has 5 aromatic rings. The molecule has 23 heteroatoms. The standard InChI is InChI=1S/C22H22BrF3N2O2S.C22H18F4N4OS.C8H4FIN2/c1-20(16-10-14(23)6-9-17(16)24)18-21(12-29-2,22(18,25)26)31-19(28-20)27-11-13-4-7-15(30-3)8-5-13;1-20(18-21(11-31-3,22(18,25)26)32-19(27)30-20)14-8-12(4-6-15(14)23)9-16(24)17-7-5-13(28-2)10-29-17;1-11-6-2-3-8(12-5-6)7(9)4-10/h4-10,18H,11-12H2,1-3H3,(H,27,28);4-10,18H,11H2,1,3H3,(H2,27,30);2-5H/b;16-9-;7-4-/t2*18-,20+,21+;/m00./s1. The Balaban J connectivity index is 0.000000180. The molecule has 1 saturated heterocycles. The molecule has 2 aromatic heterocycles. The smallest absolute Gasteiger partial charge is 0.272 e. The number of pyridine rings is 2. The highest BCUT2D eigenvalue weighted by Crippen LogP contribution is 2.75. The molecule has 4 heterocycles. The van der Waals surface area contributed by atoms with Gasteiger partial charge in [-0.05, 0) is 108 Å². The normalized spacial score (nSPS) is 26.3. The first-order valence-corrected chi connectivity index (χ1v) is 25.9. The Kier molecular flexibility index (Phi) is 17.2. The number of nitrogens with one attached hydrogen (secondary N) is 1. The molecule has 3 fully saturated rings. The fraction of sp³-hybridized carbons (Fsp3) is 0.308. The number of nitrogens with two attached hydrogens (primary N) is 1. The summed E-state index contributed by atoms with van der Waals surface area (Å²) in [6, 6.07) is 21.2. The number of aliphatic imine (C=N–C) groups is 2. The van der Waals surface area contributed by atoms with Crippen LogP contribution < -0.4 is 15.8 Å². The van der Waals surface area contributed by atoms with Crippen LogP contribution in [0.3, 0.4) is 0 Å². The van der Waals surface area contributed by atoms with Crippen LogP contribution in [-0.2, 0) is 27.1 Å². The molecule has 9 rings (SSSR count). The second kappa shape index (κ2) is 22.6. The highest BCUT2D eigenvalue weighted by Gasteiger charge is 2.89. The van der Waals surface area contributed by atoms with E-state index in [2.05, 4.69) is 50.9 Å². The number of aromatic nitrogens is 2. The first-order valence-electron chi connectivity index (χ1n) is 22.2. The summed E-state index contributed by atoms with van der Waals surface area (Å²) in [5, 5.41) is 3.38. The van der Waals surface area contributed by atoms with Crippen molar-refractivity contribution >= 4 is 101 Å². The van der Waals surface area contributed by atoms with E-state index in [0.717, 1.165) is 47.0 Å². The Hall–Kier alpha value is -5.57. The lowest BCUT2D eigenvalue weighted by molar-refractivity contribution is 0.0615. The number of rotatable bonds is 12. The number of methoxy groups -OCH3 is 3. The van der Waals surface area contributed by atoms with Crippen molar-refractivity contribution in [1.82, 2.24) is 15.3 Å². The molecule has 0 unspecified atom stereocenters.